The van der Waals surface area contributed by atoms with Crippen LogP contribution in [0.5, 0.6) is 0 Å². The smallest absolute Gasteiger partial charge is 0.243 e. The van der Waals surface area contributed by atoms with Gasteiger partial charge in [0.25, 0.3) is 0 Å². The summed E-state index contributed by atoms with van der Waals surface area (Å²) in [5, 5.41) is 4.02. The van der Waals surface area contributed by atoms with Crippen LogP contribution in [0.1, 0.15) is 48.5 Å². The lowest BCUT2D eigenvalue weighted by Gasteiger charge is -2.30. The molecule has 2 aromatic rings. The van der Waals surface area contributed by atoms with Gasteiger partial charge in [-0.1, -0.05) is 18.1 Å². The fourth-order valence-electron chi connectivity index (χ4n) is 2.97. The van der Waals surface area contributed by atoms with Gasteiger partial charge >= 0.3 is 0 Å². The van der Waals surface area contributed by atoms with Crippen LogP contribution in [0.25, 0.3) is 0 Å². The molecular formula is C17H23N3O3S. The van der Waals surface area contributed by atoms with E-state index in [0.29, 0.717) is 36.1 Å². The zero-order valence-electron chi connectivity index (χ0n) is 14.3. The van der Waals surface area contributed by atoms with Crippen molar-refractivity contribution in [2.45, 2.75) is 50.8 Å². The molecule has 1 fully saturated rings. The van der Waals surface area contributed by atoms with Crippen LogP contribution in [-0.2, 0) is 16.4 Å². The second-order valence-corrected chi connectivity index (χ2v) is 8.29. The molecule has 1 aromatic carbocycles. The minimum Gasteiger partial charge on any atom is -0.339 e. The molecule has 0 unspecified atom stereocenters. The van der Waals surface area contributed by atoms with E-state index in [1.807, 2.05) is 26.8 Å². The number of benzene rings is 1. The molecule has 0 amide bonds. The molecule has 0 radical (unpaired) electrons. The van der Waals surface area contributed by atoms with Gasteiger partial charge in [-0.2, -0.15) is 9.29 Å². The number of aryl methyl sites for hydroxylation is 3. The van der Waals surface area contributed by atoms with Gasteiger partial charge in [-0.05, 0) is 49.9 Å². The van der Waals surface area contributed by atoms with Crippen molar-refractivity contribution in [1.82, 2.24) is 14.4 Å². The van der Waals surface area contributed by atoms with E-state index in [1.165, 1.54) is 0 Å². The highest BCUT2D eigenvalue weighted by Crippen LogP contribution is 2.29. The highest BCUT2D eigenvalue weighted by molar-refractivity contribution is 7.89. The third-order valence-corrected chi connectivity index (χ3v) is 6.51. The summed E-state index contributed by atoms with van der Waals surface area (Å²) in [5.41, 5.74) is 2.07. The first-order chi connectivity index (χ1) is 11.4. The third-order valence-electron chi connectivity index (χ3n) is 4.65. The van der Waals surface area contributed by atoms with Gasteiger partial charge in [0.1, 0.15) is 0 Å². The van der Waals surface area contributed by atoms with E-state index in [0.717, 1.165) is 24.0 Å². The first kappa shape index (κ1) is 17.1. The Labute approximate surface area is 142 Å². The first-order valence-corrected chi connectivity index (χ1v) is 9.75. The van der Waals surface area contributed by atoms with E-state index in [9.17, 15) is 8.42 Å². The van der Waals surface area contributed by atoms with Crippen molar-refractivity contribution in [2.24, 2.45) is 0 Å². The summed E-state index contributed by atoms with van der Waals surface area (Å²) in [4.78, 5) is 4.72. The molecule has 1 saturated heterocycles. The van der Waals surface area contributed by atoms with E-state index in [2.05, 4.69) is 10.1 Å². The number of piperidine rings is 1. The number of aromatic nitrogens is 2. The van der Waals surface area contributed by atoms with Gasteiger partial charge in [0.2, 0.25) is 15.9 Å². The van der Waals surface area contributed by atoms with Crippen LogP contribution in [0.2, 0.25) is 0 Å². The average molecular weight is 349 g/mol. The molecule has 1 aromatic heterocycles. The zero-order valence-corrected chi connectivity index (χ0v) is 15.1. The van der Waals surface area contributed by atoms with Crippen LogP contribution in [-0.4, -0.2) is 36.0 Å². The normalized spacial score (nSPS) is 19.5. The minimum atomic E-state index is -3.49. The lowest BCUT2D eigenvalue weighted by atomic mass is 9.99. The summed E-state index contributed by atoms with van der Waals surface area (Å²) < 4.78 is 32.6. The predicted molar refractivity (Wildman–Crippen MR) is 90.3 cm³/mol. The molecule has 1 atom stereocenters. The van der Waals surface area contributed by atoms with Crippen LogP contribution in [0.15, 0.2) is 27.6 Å². The van der Waals surface area contributed by atoms with Gasteiger partial charge in [-0.15, -0.1) is 0 Å². The lowest BCUT2D eigenvalue weighted by molar-refractivity contribution is 0.300. The fourth-order valence-corrected chi connectivity index (χ4v) is 4.58. The Kier molecular flexibility index (Phi) is 4.73. The molecule has 6 nitrogen and oxygen atoms in total. The molecule has 24 heavy (non-hydrogen) atoms. The summed E-state index contributed by atoms with van der Waals surface area (Å²) in [6.07, 6.45) is 2.36. The Morgan fingerprint density at radius 1 is 1.29 bits per heavy atom. The minimum absolute atomic E-state index is 0.0101. The molecule has 0 N–H and O–H groups in total. The second kappa shape index (κ2) is 6.64. The fraction of sp³-hybridized carbons (Fsp3) is 0.529. The molecule has 7 heteroatoms. The molecule has 130 valence electrons. The van der Waals surface area contributed by atoms with Gasteiger partial charge in [-0.25, -0.2) is 8.42 Å². The summed E-state index contributed by atoms with van der Waals surface area (Å²) in [7, 11) is -3.49. The molecule has 1 aliphatic rings. The Balaban J connectivity index is 1.83. The highest BCUT2D eigenvalue weighted by Gasteiger charge is 2.33. The van der Waals surface area contributed by atoms with Crippen LogP contribution < -0.4 is 0 Å². The Morgan fingerprint density at radius 2 is 2.08 bits per heavy atom. The van der Waals surface area contributed by atoms with Gasteiger partial charge in [-0.3, -0.25) is 0 Å². The number of sulfonamides is 1. The monoisotopic (exact) mass is 349 g/mol. The van der Waals surface area contributed by atoms with Gasteiger partial charge in [0.05, 0.1) is 4.90 Å². The summed E-state index contributed by atoms with van der Waals surface area (Å²) in [6.45, 7) is 6.79. The van der Waals surface area contributed by atoms with Gasteiger partial charge in [0, 0.05) is 25.4 Å². The second-order valence-electron chi connectivity index (χ2n) is 6.35. The van der Waals surface area contributed by atoms with E-state index >= 15 is 0 Å². The maximum Gasteiger partial charge on any atom is 0.243 e. The summed E-state index contributed by atoms with van der Waals surface area (Å²) in [5.74, 6) is 1.20. The maximum absolute atomic E-state index is 13.0. The zero-order chi connectivity index (χ0) is 17.3. The quantitative estimate of drug-likeness (QED) is 0.848. The standard InChI is InChI=1S/C17H23N3O3S/c1-4-16-18-17(19-23-16)14-6-5-9-20(11-14)24(21,22)15-8-7-12(2)13(3)10-15/h7-8,10,14H,4-6,9,11H2,1-3H3/t14-/m0/s1. The van der Waals surface area contributed by atoms with Crippen molar-refractivity contribution in [3.8, 4) is 0 Å². The molecule has 0 saturated carbocycles. The topological polar surface area (TPSA) is 76.3 Å². The van der Waals surface area contributed by atoms with Crippen molar-refractivity contribution < 1.29 is 12.9 Å². The third kappa shape index (κ3) is 3.23. The van der Waals surface area contributed by atoms with Crippen molar-refractivity contribution in [2.75, 3.05) is 13.1 Å². The Hall–Kier alpha value is -1.73. The van der Waals surface area contributed by atoms with Crippen LogP contribution >= 0.6 is 0 Å². The molecular weight excluding hydrogens is 326 g/mol. The highest BCUT2D eigenvalue weighted by atomic mass is 32.2. The van der Waals surface area contributed by atoms with Crippen LogP contribution in [0.3, 0.4) is 0 Å². The largest absolute Gasteiger partial charge is 0.339 e. The predicted octanol–water partition coefficient (Wildman–Crippen LogP) is 2.82. The Bertz CT molecular complexity index is 829. The van der Waals surface area contributed by atoms with Crippen LogP contribution in [0, 0.1) is 13.8 Å². The molecule has 0 spiro atoms. The van der Waals surface area contributed by atoms with E-state index in [-0.39, 0.29) is 5.92 Å². The molecule has 1 aliphatic heterocycles. The van der Waals surface area contributed by atoms with E-state index in [1.54, 1.807) is 16.4 Å². The van der Waals surface area contributed by atoms with Crippen molar-refractivity contribution in [1.29, 1.82) is 0 Å². The van der Waals surface area contributed by atoms with E-state index in [4.69, 9.17) is 4.52 Å². The average Bonchev–Trinajstić information content (AvgIpc) is 3.06. The number of hydrogen-bond donors (Lipinski definition) is 0. The van der Waals surface area contributed by atoms with Gasteiger partial charge in [0.15, 0.2) is 5.82 Å². The number of nitrogens with zero attached hydrogens (tertiary/aromatic N) is 3. The first-order valence-electron chi connectivity index (χ1n) is 8.31. The lowest BCUT2D eigenvalue weighted by Crippen LogP contribution is -2.39. The SMILES string of the molecule is CCc1nc([C@H]2CCCN(S(=O)(=O)c3ccc(C)c(C)c3)C2)no1. The summed E-state index contributed by atoms with van der Waals surface area (Å²) in [6, 6.07) is 5.29. The molecule has 0 aliphatic carbocycles. The molecule has 2 heterocycles. The molecule has 3 rings (SSSR count). The summed E-state index contributed by atoms with van der Waals surface area (Å²) >= 11 is 0. The van der Waals surface area contributed by atoms with Gasteiger partial charge < -0.3 is 4.52 Å². The van der Waals surface area contributed by atoms with Crippen molar-refractivity contribution in [3.05, 3.63) is 41.0 Å². The number of hydrogen-bond acceptors (Lipinski definition) is 5. The maximum atomic E-state index is 13.0. The van der Waals surface area contributed by atoms with E-state index < -0.39 is 10.0 Å². The number of rotatable bonds is 4. The van der Waals surface area contributed by atoms with Crippen molar-refractivity contribution in [3.63, 3.8) is 0 Å². The Morgan fingerprint density at radius 3 is 2.75 bits per heavy atom. The molecule has 0 bridgehead atoms. The van der Waals surface area contributed by atoms with Crippen molar-refractivity contribution >= 4 is 10.0 Å². The van der Waals surface area contributed by atoms with Crippen LogP contribution in [0.4, 0.5) is 0 Å².